The van der Waals surface area contributed by atoms with Gasteiger partial charge in [0.25, 0.3) is 0 Å². The standard InChI is InChI=1S/C16H16O2/c1-10-5-3-8-15-14(10)9-12-6-4-7-13(11(2)17)16(12)18-15/h3-8,11,17H,9H2,1-2H3. The maximum Gasteiger partial charge on any atom is 0.136 e. The fourth-order valence-electron chi connectivity index (χ4n) is 2.50. The summed E-state index contributed by atoms with van der Waals surface area (Å²) in [7, 11) is 0. The van der Waals surface area contributed by atoms with Crippen molar-refractivity contribution in [3.05, 3.63) is 58.7 Å². The molecule has 2 nitrogen and oxygen atoms in total. The van der Waals surface area contributed by atoms with Crippen molar-refractivity contribution in [3.8, 4) is 11.5 Å². The van der Waals surface area contributed by atoms with Crippen LogP contribution in [0.2, 0.25) is 0 Å². The Bertz CT molecular complexity index is 600. The van der Waals surface area contributed by atoms with Crippen LogP contribution in [0.5, 0.6) is 11.5 Å². The first kappa shape index (κ1) is 11.3. The second-order valence-electron chi connectivity index (χ2n) is 4.84. The summed E-state index contributed by atoms with van der Waals surface area (Å²) in [5.41, 5.74) is 4.50. The van der Waals surface area contributed by atoms with Crippen LogP contribution in [0.25, 0.3) is 0 Å². The second-order valence-corrected chi connectivity index (χ2v) is 4.84. The van der Waals surface area contributed by atoms with Crippen LogP contribution in [-0.4, -0.2) is 5.11 Å². The highest BCUT2D eigenvalue weighted by molar-refractivity contribution is 5.55. The maximum absolute atomic E-state index is 9.80. The van der Waals surface area contributed by atoms with Crippen LogP contribution in [0.4, 0.5) is 0 Å². The summed E-state index contributed by atoms with van der Waals surface area (Å²) >= 11 is 0. The highest BCUT2D eigenvalue weighted by atomic mass is 16.5. The summed E-state index contributed by atoms with van der Waals surface area (Å²) in [6, 6.07) is 12.1. The molecule has 2 aromatic rings. The van der Waals surface area contributed by atoms with Gasteiger partial charge in [-0.25, -0.2) is 0 Å². The second kappa shape index (κ2) is 4.14. The number of para-hydroxylation sites is 1. The molecule has 18 heavy (non-hydrogen) atoms. The van der Waals surface area contributed by atoms with E-state index in [9.17, 15) is 5.11 Å². The van der Waals surface area contributed by atoms with Crippen LogP contribution in [-0.2, 0) is 6.42 Å². The van der Waals surface area contributed by atoms with Crippen molar-refractivity contribution in [3.63, 3.8) is 0 Å². The van der Waals surface area contributed by atoms with Crippen molar-refractivity contribution in [2.45, 2.75) is 26.4 Å². The lowest BCUT2D eigenvalue weighted by Crippen LogP contribution is -2.08. The average Bonchev–Trinajstić information content (AvgIpc) is 2.36. The molecule has 2 aromatic carbocycles. The summed E-state index contributed by atoms with van der Waals surface area (Å²) < 4.78 is 5.99. The van der Waals surface area contributed by atoms with Crippen molar-refractivity contribution < 1.29 is 9.84 Å². The lowest BCUT2D eigenvalue weighted by molar-refractivity contribution is 0.195. The molecule has 0 amide bonds. The summed E-state index contributed by atoms with van der Waals surface area (Å²) in [6.45, 7) is 3.87. The first-order chi connectivity index (χ1) is 8.66. The van der Waals surface area contributed by atoms with Gasteiger partial charge in [0.2, 0.25) is 0 Å². The minimum Gasteiger partial charge on any atom is -0.456 e. The third kappa shape index (κ3) is 1.70. The van der Waals surface area contributed by atoms with E-state index in [-0.39, 0.29) is 0 Å². The van der Waals surface area contributed by atoms with Gasteiger partial charge in [0.1, 0.15) is 11.5 Å². The molecule has 2 heteroatoms. The Hall–Kier alpha value is -1.80. The molecular formula is C16H16O2. The van der Waals surface area contributed by atoms with Gasteiger partial charge in [-0.3, -0.25) is 0 Å². The van der Waals surface area contributed by atoms with Crippen LogP contribution in [0.3, 0.4) is 0 Å². The fraction of sp³-hybridized carbons (Fsp3) is 0.250. The van der Waals surface area contributed by atoms with Crippen LogP contribution in [0.1, 0.15) is 35.3 Å². The molecule has 3 rings (SSSR count). The third-order valence-electron chi connectivity index (χ3n) is 3.52. The van der Waals surface area contributed by atoms with Crippen molar-refractivity contribution in [1.29, 1.82) is 0 Å². The van der Waals surface area contributed by atoms with Crippen molar-refractivity contribution in [1.82, 2.24) is 0 Å². The molecule has 0 fully saturated rings. The Labute approximate surface area is 107 Å². The molecule has 1 heterocycles. The zero-order valence-electron chi connectivity index (χ0n) is 10.6. The zero-order valence-corrected chi connectivity index (χ0v) is 10.6. The summed E-state index contributed by atoms with van der Waals surface area (Å²) in [5.74, 6) is 1.74. The number of aliphatic hydroxyl groups excluding tert-OH is 1. The van der Waals surface area contributed by atoms with E-state index >= 15 is 0 Å². The topological polar surface area (TPSA) is 29.5 Å². The largest absolute Gasteiger partial charge is 0.456 e. The van der Waals surface area contributed by atoms with Gasteiger partial charge in [-0.1, -0.05) is 30.3 Å². The molecule has 1 unspecified atom stereocenters. The molecule has 1 atom stereocenters. The van der Waals surface area contributed by atoms with Gasteiger partial charge in [0.05, 0.1) is 6.10 Å². The smallest absolute Gasteiger partial charge is 0.136 e. The van der Waals surface area contributed by atoms with Crippen LogP contribution >= 0.6 is 0 Å². The van der Waals surface area contributed by atoms with Crippen molar-refractivity contribution in [2.24, 2.45) is 0 Å². The normalized spacial score (nSPS) is 14.4. The summed E-state index contributed by atoms with van der Waals surface area (Å²) in [6.07, 6.45) is 0.365. The van der Waals surface area contributed by atoms with Gasteiger partial charge >= 0.3 is 0 Å². The first-order valence-corrected chi connectivity index (χ1v) is 6.23. The van der Waals surface area contributed by atoms with Crippen molar-refractivity contribution in [2.75, 3.05) is 0 Å². The number of hydrogen-bond acceptors (Lipinski definition) is 2. The molecule has 0 radical (unpaired) electrons. The van der Waals surface area contributed by atoms with E-state index in [1.54, 1.807) is 6.92 Å². The van der Waals surface area contributed by atoms with Gasteiger partial charge < -0.3 is 9.84 Å². The quantitative estimate of drug-likeness (QED) is 0.702. The van der Waals surface area contributed by atoms with E-state index < -0.39 is 6.10 Å². The fourth-order valence-corrected chi connectivity index (χ4v) is 2.50. The molecule has 0 aliphatic carbocycles. The number of aliphatic hydroxyl groups is 1. The number of benzene rings is 2. The molecule has 0 bridgehead atoms. The van der Waals surface area contributed by atoms with Crippen LogP contribution in [0.15, 0.2) is 36.4 Å². The minimum atomic E-state index is -0.508. The molecule has 1 N–H and O–H groups in total. The van der Waals surface area contributed by atoms with Gasteiger partial charge in [-0.15, -0.1) is 0 Å². The van der Waals surface area contributed by atoms with E-state index in [0.717, 1.165) is 29.0 Å². The number of ether oxygens (including phenoxy) is 1. The van der Waals surface area contributed by atoms with Crippen molar-refractivity contribution >= 4 is 0 Å². The van der Waals surface area contributed by atoms with Crippen LogP contribution in [0, 0.1) is 6.92 Å². The number of hydrogen-bond donors (Lipinski definition) is 1. The Morgan fingerprint density at radius 3 is 2.72 bits per heavy atom. The molecular weight excluding hydrogens is 224 g/mol. The Morgan fingerprint density at radius 1 is 1.17 bits per heavy atom. The monoisotopic (exact) mass is 240 g/mol. The highest BCUT2D eigenvalue weighted by Gasteiger charge is 2.22. The van der Waals surface area contributed by atoms with Gasteiger partial charge in [-0.2, -0.15) is 0 Å². The maximum atomic E-state index is 9.80. The molecule has 1 aliphatic rings. The van der Waals surface area contributed by atoms with Gasteiger partial charge in [-0.05, 0) is 31.0 Å². The van der Waals surface area contributed by atoms with E-state index in [2.05, 4.69) is 19.1 Å². The predicted octanol–water partition coefficient (Wildman–Crippen LogP) is 3.74. The molecule has 0 spiro atoms. The first-order valence-electron chi connectivity index (χ1n) is 6.23. The van der Waals surface area contributed by atoms with E-state index in [1.807, 2.05) is 24.3 Å². The van der Waals surface area contributed by atoms with E-state index in [4.69, 9.17) is 4.74 Å². The van der Waals surface area contributed by atoms with E-state index in [1.165, 1.54) is 11.1 Å². The average molecular weight is 240 g/mol. The van der Waals surface area contributed by atoms with Crippen LogP contribution < -0.4 is 4.74 Å². The lowest BCUT2D eigenvalue weighted by atomic mass is 9.94. The predicted molar refractivity (Wildman–Crippen MR) is 71.1 cm³/mol. The number of aryl methyl sites for hydroxylation is 1. The molecule has 92 valence electrons. The summed E-state index contributed by atoms with van der Waals surface area (Å²) in [4.78, 5) is 0. The third-order valence-corrected chi connectivity index (χ3v) is 3.52. The molecule has 0 aromatic heterocycles. The highest BCUT2D eigenvalue weighted by Crippen LogP contribution is 2.41. The minimum absolute atomic E-state index is 0.508. The zero-order chi connectivity index (χ0) is 12.7. The summed E-state index contributed by atoms with van der Waals surface area (Å²) in [5, 5.41) is 9.80. The SMILES string of the molecule is Cc1cccc2c1Cc1cccc(C(C)O)c1O2. The van der Waals surface area contributed by atoms with Gasteiger partial charge in [0.15, 0.2) is 0 Å². The molecule has 0 saturated heterocycles. The number of rotatable bonds is 1. The lowest BCUT2D eigenvalue weighted by Gasteiger charge is -2.24. The molecule has 0 saturated carbocycles. The Balaban J connectivity index is 2.13. The Morgan fingerprint density at radius 2 is 1.94 bits per heavy atom. The number of fused-ring (bicyclic) bond motifs is 2. The van der Waals surface area contributed by atoms with E-state index in [0.29, 0.717) is 0 Å². The Kier molecular flexibility index (Phi) is 2.60. The van der Waals surface area contributed by atoms with Gasteiger partial charge in [0, 0.05) is 17.5 Å². The molecule has 1 aliphatic heterocycles.